The van der Waals surface area contributed by atoms with Crippen LogP contribution in [0.2, 0.25) is 0 Å². The van der Waals surface area contributed by atoms with E-state index in [4.69, 9.17) is 5.11 Å². The lowest BCUT2D eigenvalue weighted by Gasteiger charge is -2.28. The summed E-state index contributed by atoms with van der Waals surface area (Å²) in [5, 5.41) is 8.70. The van der Waals surface area contributed by atoms with Crippen molar-refractivity contribution in [2.24, 2.45) is 0 Å². The van der Waals surface area contributed by atoms with Crippen molar-refractivity contribution in [3.8, 4) is 0 Å². The number of nitrogens with one attached hydrogen (secondary N) is 1. The molecule has 7 heteroatoms. The van der Waals surface area contributed by atoms with Crippen molar-refractivity contribution in [1.82, 2.24) is 4.72 Å². The van der Waals surface area contributed by atoms with Crippen LogP contribution in [0.1, 0.15) is 32.4 Å². The Morgan fingerprint density at radius 2 is 1.75 bits per heavy atom. The molecule has 1 rings (SSSR count). The highest BCUT2D eigenvalue weighted by molar-refractivity contribution is 7.84. The second-order valence-electron chi connectivity index (χ2n) is 5.27. The van der Waals surface area contributed by atoms with Crippen LogP contribution >= 0.6 is 0 Å². The van der Waals surface area contributed by atoms with Gasteiger partial charge in [0.1, 0.15) is 6.04 Å². The van der Waals surface area contributed by atoms with Crippen molar-refractivity contribution in [1.29, 1.82) is 0 Å². The normalized spacial score (nSPS) is 15.7. The van der Waals surface area contributed by atoms with E-state index in [0.717, 1.165) is 0 Å². The number of hydrogen-bond acceptors (Lipinski definition) is 2. The molecular weight excluding hydrogens is 288 g/mol. The number of halogens is 2. The minimum Gasteiger partial charge on any atom is -0.477 e. The number of alkyl halides is 2. The molecule has 0 unspecified atom stereocenters. The lowest BCUT2D eigenvalue weighted by molar-refractivity contribution is -0.168. The monoisotopic (exact) mass is 305 g/mol. The van der Waals surface area contributed by atoms with E-state index < -0.39 is 33.7 Å². The van der Waals surface area contributed by atoms with E-state index in [-0.39, 0.29) is 5.56 Å². The second-order valence-corrected chi connectivity index (χ2v) is 7.27. The number of carboxylic acid groups (broad SMARTS) is 1. The van der Waals surface area contributed by atoms with E-state index in [9.17, 15) is 17.8 Å². The first-order chi connectivity index (χ1) is 9.06. The Kier molecular flexibility index (Phi) is 4.99. The molecule has 0 aliphatic carbocycles. The number of benzene rings is 1. The van der Waals surface area contributed by atoms with E-state index in [1.165, 1.54) is 24.3 Å². The summed E-state index contributed by atoms with van der Waals surface area (Å²) >= 11 is 0. The van der Waals surface area contributed by atoms with Crippen LogP contribution in [0.4, 0.5) is 8.78 Å². The standard InChI is InChI=1S/C13H17F2NO3S/c1-12(2,3)20(19)16-10(13(14,15)11(17)18)9-7-5-4-6-8-9/h4-8,10,16H,1-3H3,(H,17,18)/t10-,20+/m0/s1. The number of carbonyl (C=O) groups is 1. The van der Waals surface area contributed by atoms with Crippen LogP contribution in [0, 0.1) is 0 Å². The summed E-state index contributed by atoms with van der Waals surface area (Å²) in [6.45, 7) is 4.82. The summed E-state index contributed by atoms with van der Waals surface area (Å²) in [6, 6.07) is 5.54. The minimum atomic E-state index is -4.07. The molecule has 0 fully saturated rings. The van der Waals surface area contributed by atoms with Crippen LogP contribution in [-0.2, 0) is 15.8 Å². The van der Waals surface area contributed by atoms with Crippen LogP contribution < -0.4 is 4.72 Å². The van der Waals surface area contributed by atoms with Gasteiger partial charge in [0.25, 0.3) is 0 Å². The van der Waals surface area contributed by atoms with E-state index in [0.29, 0.717) is 0 Å². The summed E-state index contributed by atoms with van der Waals surface area (Å²) in [4.78, 5) is 10.8. The van der Waals surface area contributed by atoms with Crippen molar-refractivity contribution >= 4 is 17.0 Å². The summed E-state index contributed by atoms with van der Waals surface area (Å²) in [5.41, 5.74) is 0.0671. The smallest absolute Gasteiger partial charge is 0.376 e. The zero-order valence-corrected chi connectivity index (χ0v) is 12.2. The van der Waals surface area contributed by atoms with Crippen LogP contribution in [0.15, 0.2) is 30.3 Å². The first kappa shape index (κ1) is 16.7. The molecular formula is C13H17F2NO3S. The zero-order valence-electron chi connectivity index (χ0n) is 11.4. The Hall–Kier alpha value is -1.34. The van der Waals surface area contributed by atoms with Crippen LogP contribution in [-0.4, -0.2) is 26.0 Å². The summed E-state index contributed by atoms with van der Waals surface area (Å²) in [5.74, 6) is -6.33. The summed E-state index contributed by atoms with van der Waals surface area (Å²) in [7, 11) is -1.82. The Balaban J connectivity index is 3.17. The van der Waals surface area contributed by atoms with Crippen LogP contribution in [0.25, 0.3) is 0 Å². The Morgan fingerprint density at radius 1 is 1.25 bits per heavy atom. The van der Waals surface area contributed by atoms with Crippen LogP contribution in [0.5, 0.6) is 0 Å². The third-order valence-electron chi connectivity index (χ3n) is 2.56. The highest BCUT2D eigenvalue weighted by Crippen LogP contribution is 2.32. The fourth-order valence-electron chi connectivity index (χ4n) is 1.40. The average Bonchev–Trinajstić information content (AvgIpc) is 2.35. The molecule has 2 N–H and O–H groups in total. The molecule has 4 nitrogen and oxygen atoms in total. The van der Waals surface area contributed by atoms with Crippen molar-refractivity contribution in [3.05, 3.63) is 35.9 Å². The minimum absolute atomic E-state index is 0.0671. The molecule has 0 aliphatic rings. The molecule has 0 spiro atoms. The zero-order chi connectivity index (χ0) is 15.6. The largest absolute Gasteiger partial charge is 0.477 e. The van der Waals surface area contributed by atoms with E-state index in [1.807, 2.05) is 0 Å². The molecule has 0 bridgehead atoms. The third kappa shape index (κ3) is 3.83. The van der Waals surface area contributed by atoms with Gasteiger partial charge < -0.3 is 5.11 Å². The lowest BCUT2D eigenvalue weighted by atomic mass is 10.0. The Morgan fingerprint density at radius 3 is 2.15 bits per heavy atom. The first-order valence-corrected chi connectivity index (χ1v) is 7.06. The topological polar surface area (TPSA) is 66.4 Å². The predicted molar refractivity (Wildman–Crippen MR) is 72.8 cm³/mol. The van der Waals surface area contributed by atoms with E-state index in [2.05, 4.69) is 4.72 Å². The molecule has 0 saturated carbocycles. The van der Waals surface area contributed by atoms with Gasteiger partial charge in [-0.05, 0) is 26.3 Å². The van der Waals surface area contributed by atoms with Crippen molar-refractivity contribution < 1.29 is 22.9 Å². The van der Waals surface area contributed by atoms with E-state index in [1.54, 1.807) is 26.8 Å². The Bertz CT molecular complexity index is 500. The third-order valence-corrected chi connectivity index (χ3v) is 4.12. The van der Waals surface area contributed by atoms with Gasteiger partial charge in [0.15, 0.2) is 0 Å². The molecule has 0 saturated heterocycles. The van der Waals surface area contributed by atoms with Crippen molar-refractivity contribution in [3.63, 3.8) is 0 Å². The van der Waals surface area contributed by atoms with Gasteiger partial charge in [0.2, 0.25) is 0 Å². The fraction of sp³-hybridized carbons (Fsp3) is 0.462. The molecule has 0 heterocycles. The maximum atomic E-state index is 13.8. The summed E-state index contributed by atoms with van der Waals surface area (Å²) < 4.78 is 41.1. The van der Waals surface area contributed by atoms with Crippen molar-refractivity contribution in [2.75, 3.05) is 0 Å². The fourth-order valence-corrected chi connectivity index (χ4v) is 2.26. The van der Waals surface area contributed by atoms with Gasteiger partial charge in [-0.25, -0.2) is 13.7 Å². The van der Waals surface area contributed by atoms with Gasteiger partial charge in [-0.15, -0.1) is 0 Å². The quantitative estimate of drug-likeness (QED) is 0.878. The van der Waals surface area contributed by atoms with Crippen molar-refractivity contribution in [2.45, 2.75) is 37.5 Å². The van der Waals surface area contributed by atoms with E-state index >= 15 is 0 Å². The second kappa shape index (κ2) is 5.97. The molecule has 20 heavy (non-hydrogen) atoms. The maximum Gasteiger partial charge on any atom is 0.376 e. The Labute approximate surface area is 118 Å². The van der Waals surface area contributed by atoms with Crippen LogP contribution in [0.3, 0.4) is 0 Å². The summed E-state index contributed by atoms with van der Waals surface area (Å²) in [6.07, 6.45) is 0. The molecule has 1 aromatic carbocycles. The number of aliphatic carboxylic acids is 1. The maximum absolute atomic E-state index is 13.8. The number of carboxylic acids is 1. The van der Waals surface area contributed by atoms with Gasteiger partial charge in [-0.2, -0.15) is 8.78 Å². The predicted octanol–water partition coefficient (Wildman–Crippen LogP) is 2.50. The van der Waals surface area contributed by atoms with Gasteiger partial charge >= 0.3 is 11.9 Å². The number of hydrogen-bond donors (Lipinski definition) is 2. The van der Waals surface area contributed by atoms with Gasteiger partial charge in [-0.1, -0.05) is 30.3 Å². The van der Waals surface area contributed by atoms with Gasteiger partial charge in [0.05, 0.1) is 15.7 Å². The first-order valence-electron chi connectivity index (χ1n) is 5.91. The lowest BCUT2D eigenvalue weighted by Crippen LogP contribution is -2.47. The molecule has 1 aromatic rings. The number of rotatable bonds is 5. The average molecular weight is 305 g/mol. The molecule has 0 amide bonds. The molecule has 0 radical (unpaired) electrons. The SMILES string of the molecule is CC(C)(C)[S@@](=O)N[C@@H](c1ccccc1)C(F)(F)C(=O)O. The highest BCUT2D eigenvalue weighted by Gasteiger charge is 2.49. The molecule has 0 aromatic heterocycles. The van der Waals surface area contributed by atoms with Gasteiger partial charge in [-0.3, -0.25) is 0 Å². The molecule has 2 atom stereocenters. The van der Waals surface area contributed by atoms with Gasteiger partial charge in [0, 0.05) is 0 Å². The molecule has 0 aliphatic heterocycles. The molecule has 112 valence electrons. The highest BCUT2D eigenvalue weighted by atomic mass is 32.2.